The van der Waals surface area contributed by atoms with E-state index in [0.29, 0.717) is 24.1 Å². The summed E-state index contributed by atoms with van der Waals surface area (Å²) in [4.78, 5) is 31.2. The lowest BCUT2D eigenvalue weighted by Crippen LogP contribution is -2.44. The van der Waals surface area contributed by atoms with E-state index in [4.69, 9.17) is 9.73 Å². The van der Waals surface area contributed by atoms with Crippen LogP contribution < -0.4 is 0 Å². The molecule has 1 aliphatic heterocycles. The summed E-state index contributed by atoms with van der Waals surface area (Å²) in [6, 6.07) is 17.7. The molecule has 2 unspecified atom stereocenters. The van der Waals surface area contributed by atoms with Gasteiger partial charge in [-0.25, -0.2) is 9.48 Å². The average Bonchev–Trinajstić information content (AvgIpc) is 3.37. The number of hydrogen-bond acceptors (Lipinski definition) is 6. The third kappa shape index (κ3) is 4.30. The van der Waals surface area contributed by atoms with Crippen molar-refractivity contribution in [3.63, 3.8) is 0 Å². The summed E-state index contributed by atoms with van der Waals surface area (Å²) < 4.78 is 6.91. The van der Waals surface area contributed by atoms with Gasteiger partial charge in [-0.1, -0.05) is 68.4 Å². The third-order valence-corrected chi connectivity index (χ3v) is 7.07. The Morgan fingerprint density at radius 1 is 1.06 bits per heavy atom. The van der Waals surface area contributed by atoms with E-state index in [1.54, 1.807) is 4.68 Å². The number of fused-ring (bicyclic) bond motifs is 1. The molecule has 7 heteroatoms. The summed E-state index contributed by atoms with van der Waals surface area (Å²) in [6.07, 6.45) is 3.67. The maximum Gasteiger partial charge on any atom is 0.336 e. The zero-order chi connectivity index (χ0) is 25.4. The highest BCUT2D eigenvalue weighted by Crippen LogP contribution is 2.47. The summed E-state index contributed by atoms with van der Waals surface area (Å²) in [5.41, 5.74) is 5.40. The Morgan fingerprint density at radius 2 is 1.78 bits per heavy atom. The van der Waals surface area contributed by atoms with Gasteiger partial charge in [-0.05, 0) is 36.0 Å². The van der Waals surface area contributed by atoms with Crippen molar-refractivity contribution in [2.45, 2.75) is 46.0 Å². The fraction of sp³-hybridized carbons (Fsp3) is 0.345. The highest BCUT2D eigenvalue weighted by molar-refractivity contribution is 6.12. The first-order chi connectivity index (χ1) is 17.3. The topological polar surface area (TPSA) is 86.4 Å². The standard InChI is InChI=1S/C29H30N4O3/c1-5-21-27(28(35)36-4)25(26-22(30-21)15-29(2,3)16-24(26)34)19-13-11-18(12-14-19)23-17-33(32-31-23)20-9-7-6-8-10-20/h6-14,17,25-26H,5,15-16H2,1-4H3. The van der Waals surface area contributed by atoms with Gasteiger partial charge in [-0.3, -0.25) is 9.79 Å². The molecule has 0 saturated heterocycles. The lowest BCUT2D eigenvalue weighted by molar-refractivity contribution is -0.136. The van der Waals surface area contributed by atoms with Crippen molar-refractivity contribution in [2.75, 3.05) is 7.11 Å². The second-order valence-electron chi connectivity index (χ2n) is 10.3. The summed E-state index contributed by atoms with van der Waals surface area (Å²) >= 11 is 0. The van der Waals surface area contributed by atoms with E-state index in [1.165, 1.54) is 7.11 Å². The quantitative estimate of drug-likeness (QED) is 0.460. The zero-order valence-electron chi connectivity index (χ0n) is 21.1. The number of Topliss-reactive ketones (excluding diaryl/α,β-unsaturated/α-hetero) is 1. The lowest BCUT2D eigenvalue weighted by Gasteiger charge is -2.41. The van der Waals surface area contributed by atoms with Gasteiger partial charge in [-0.2, -0.15) is 0 Å². The minimum Gasteiger partial charge on any atom is -0.466 e. The molecule has 36 heavy (non-hydrogen) atoms. The van der Waals surface area contributed by atoms with Crippen molar-refractivity contribution < 1.29 is 14.3 Å². The van der Waals surface area contributed by atoms with Gasteiger partial charge >= 0.3 is 5.97 Å². The van der Waals surface area contributed by atoms with Crippen molar-refractivity contribution in [1.29, 1.82) is 0 Å². The molecule has 3 aromatic rings. The molecule has 0 bridgehead atoms. The van der Waals surface area contributed by atoms with Gasteiger partial charge < -0.3 is 4.74 Å². The fourth-order valence-corrected chi connectivity index (χ4v) is 5.44. The number of rotatable bonds is 5. The maximum absolute atomic E-state index is 13.4. The van der Waals surface area contributed by atoms with Gasteiger partial charge in [0.05, 0.1) is 36.2 Å². The number of carbonyl (C=O) groups is 2. The van der Waals surface area contributed by atoms with Gasteiger partial charge in [0.25, 0.3) is 0 Å². The van der Waals surface area contributed by atoms with Crippen LogP contribution in [0.4, 0.5) is 0 Å². The third-order valence-electron chi connectivity index (χ3n) is 7.07. The minimum atomic E-state index is -0.452. The molecule has 2 heterocycles. The second-order valence-corrected chi connectivity index (χ2v) is 10.3. The number of nitrogens with zero attached hydrogens (tertiary/aromatic N) is 4. The minimum absolute atomic E-state index is 0.126. The molecule has 1 aliphatic carbocycles. The molecule has 1 aromatic heterocycles. The molecule has 0 amide bonds. The van der Waals surface area contributed by atoms with E-state index in [2.05, 4.69) is 24.2 Å². The van der Waals surface area contributed by atoms with Gasteiger partial charge in [0.2, 0.25) is 0 Å². The van der Waals surface area contributed by atoms with E-state index in [0.717, 1.165) is 34.6 Å². The fourth-order valence-electron chi connectivity index (χ4n) is 5.44. The molecule has 2 aliphatic rings. The van der Waals surface area contributed by atoms with Crippen LogP contribution >= 0.6 is 0 Å². The predicted molar refractivity (Wildman–Crippen MR) is 138 cm³/mol. The Labute approximate surface area is 210 Å². The molecule has 0 radical (unpaired) electrons. The van der Waals surface area contributed by atoms with Crippen LogP contribution in [0.25, 0.3) is 16.9 Å². The van der Waals surface area contributed by atoms with Crippen molar-refractivity contribution >= 4 is 17.5 Å². The molecule has 0 N–H and O–H groups in total. The number of ketones is 1. The lowest BCUT2D eigenvalue weighted by atomic mass is 9.63. The highest BCUT2D eigenvalue weighted by Gasteiger charge is 2.47. The number of methoxy groups -OCH3 is 1. The van der Waals surface area contributed by atoms with Gasteiger partial charge in [0, 0.05) is 23.6 Å². The first-order valence-electron chi connectivity index (χ1n) is 12.3. The molecule has 1 saturated carbocycles. The summed E-state index contributed by atoms with van der Waals surface area (Å²) in [5, 5.41) is 8.59. The molecule has 0 spiro atoms. The first-order valence-corrected chi connectivity index (χ1v) is 12.3. The van der Waals surface area contributed by atoms with E-state index in [9.17, 15) is 9.59 Å². The van der Waals surface area contributed by atoms with Crippen molar-refractivity contribution in [3.05, 3.63) is 77.6 Å². The predicted octanol–water partition coefficient (Wildman–Crippen LogP) is 5.31. The SMILES string of the molecule is CCC1=C(C(=O)OC)C(c2ccc(-c3cn(-c4ccccc4)nn3)cc2)C2C(=O)CC(C)(C)CC2=N1. The Hall–Kier alpha value is -3.87. The first kappa shape index (κ1) is 23.9. The normalized spacial score (nSPS) is 21.1. The molecule has 5 rings (SSSR count). The van der Waals surface area contributed by atoms with Crippen molar-refractivity contribution in [3.8, 4) is 16.9 Å². The summed E-state index contributed by atoms with van der Waals surface area (Å²) in [7, 11) is 1.38. The molecule has 2 atom stereocenters. The molecule has 2 aromatic carbocycles. The van der Waals surface area contributed by atoms with Crippen LogP contribution in [-0.2, 0) is 14.3 Å². The van der Waals surface area contributed by atoms with E-state index in [-0.39, 0.29) is 11.2 Å². The summed E-state index contributed by atoms with van der Waals surface area (Å²) in [5.74, 6) is -1.17. The van der Waals surface area contributed by atoms with E-state index in [1.807, 2.05) is 67.7 Å². The van der Waals surface area contributed by atoms with Crippen LogP contribution in [0.3, 0.4) is 0 Å². The van der Waals surface area contributed by atoms with Gasteiger partial charge in [-0.15, -0.1) is 5.10 Å². The number of esters is 1. The number of para-hydroxylation sites is 1. The van der Waals surface area contributed by atoms with Crippen molar-refractivity contribution in [2.24, 2.45) is 16.3 Å². The Kier molecular flexibility index (Phi) is 6.16. The smallest absolute Gasteiger partial charge is 0.336 e. The highest BCUT2D eigenvalue weighted by atomic mass is 16.5. The number of ether oxygens (including phenoxy) is 1. The Balaban J connectivity index is 1.54. The molecule has 1 fully saturated rings. The van der Waals surface area contributed by atoms with Crippen LogP contribution in [0.15, 0.2) is 77.1 Å². The summed E-state index contributed by atoms with van der Waals surface area (Å²) in [6.45, 7) is 6.18. The zero-order valence-corrected chi connectivity index (χ0v) is 21.1. The number of aliphatic imine (C=N–C) groups is 1. The maximum atomic E-state index is 13.4. The number of aromatic nitrogens is 3. The molecular weight excluding hydrogens is 452 g/mol. The number of hydrogen-bond donors (Lipinski definition) is 0. The van der Waals surface area contributed by atoms with Crippen LogP contribution in [0.1, 0.15) is 51.5 Å². The van der Waals surface area contributed by atoms with Gasteiger partial charge in [0.1, 0.15) is 11.5 Å². The Morgan fingerprint density at radius 3 is 2.44 bits per heavy atom. The largest absolute Gasteiger partial charge is 0.466 e. The van der Waals surface area contributed by atoms with Crippen molar-refractivity contribution in [1.82, 2.24) is 15.0 Å². The number of allylic oxidation sites excluding steroid dienone is 1. The van der Waals surface area contributed by atoms with Crippen LogP contribution in [-0.4, -0.2) is 39.6 Å². The number of benzene rings is 2. The Bertz CT molecular complexity index is 1370. The van der Waals surface area contributed by atoms with Crippen LogP contribution in [0, 0.1) is 11.3 Å². The van der Waals surface area contributed by atoms with Crippen LogP contribution in [0.2, 0.25) is 0 Å². The molecule has 7 nitrogen and oxygen atoms in total. The second kappa shape index (κ2) is 9.30. The average molecular weight is 483 g/mol. The molecule has 184 valence electrons. The van der Waals surface area contributed by atoms with E-state index >= 15 is 0 Å². The van der Waals surface area contributed by atoms with E-state index < -0.39 is 17.8 Å². The van der Waals surface area contributed by atoms with Gasteiger partial charge in [0.15, 0.2) is 0 Å². The van der Waals surface area contributed by atoms with Crippen LogP contribution in [0.5, 0.6) is 0 Å². The number of carbonyl (C=O) groups excluding carboxylic acids is 2. The molecular formula is C29H30N4O3. The monoisotopic (exact) mass is 482 g/mol.